The second kappa shape index (κ2) is 9.31. The summed E-state index contributed by atoms with van der Waals surface area (Å²) in [6.07, 6.45) is 5.67. The highest BCUT2D eigenvalue weighted by atomic mass is 16.5. The van der Waals surface area contributed by atoms with Crippen molar-refractivity contribution in [3.05, 3.63) is 89.5 Å². The van der Waals surface area contributed by atoms with E-state index in [2.05, 4.69) is 16.0 Å². The quantitative estimate of drug-likeness (QED) is 0.400. The van der Waals surface area contributed by atoms with Crippen molar-refractivity contribution in [3.63, 3.8) is 0 Å². The van der Waals surface area contributed by atoms with E-state index in [1.54, 1.807) is 37.6 Å². The summed E-state index contributed by atoms with van der Waals surface area (Å²) >= 11 is 0. The van der Waals surface area contributed by atoms with Gasteiger partial charge in [0.1, 0.15) is 11.8 Å². The standard InChI is InChI=1S/C25H22N4O3/c1-3-31-24(30)17(2)22-14-20(29-16-19(15-26)7-10-23(22)29)13-18-5-8-21(9-6-18)32-25-27-11-4-12-28-25/h4-12,14,16-17H,3,13H2,1-2H3. The number of nitriles is 1. The van der Waals surface area contributed by atoms with Gasteiger partial charge in [-0.3, -0.25) is 4.79 Å². The van der Waals surface area contributed by atoms with Gasteiger partial charge < -0.3 is 13.9 Å². The minimum atomic E-state index is -0.409. The summed E-state index contributed by atoms with van der Waals surface area (Å²) in [7, 11) is 0. The molecule has 4 rings (SSSR count). The van der Waals surface area contributed by atoms with Gasteiger partial charge in [0.05, 0.1) is 18.1 Å². The second-order valence-corrected chi connectivity index (χ2v) is 7.30. The summed E-state index contributed by atoms with van der Waals surface area (Å²) in [6, 6.07) is 17.5. The molecule has 3 heterocycles. The molecule has 7 nitrogen and oxygen atoms in total. The Kier molecular flexibility index (Phi) is 6.13. The van der Waals surface area contributed by atoms with Gasteiger partial charge in [-0.25, -0.2) is 9.97 Å². The number of aromatic nitrogens is 3. The molecular weight excluding hydrogens is 404 g/mol. The van der Waals surface area contributed by atoms with E-state index in [-0.39, 0.29) is 5.97 Å². The van der Waals surface area contributed by atoms with Crippen molar-refractivity contribution in [2.45, 2.75) is 26.2 Å². The van der Waals surface area contributed by atoms with Crippen molar-refractivity contribution in [2.24, 2.45) is 0 Å². The average molecular weight is 426 g/mol. The van der Waals surface area contributed by atoms with Crippen LogP contribution < -0.4 is 4.74 Å². The number of carbonyl (C=O) groups is 1. The molecular formula is C25H22N4O3. The molecule has 0 saturated heterocycles. The fraction of sp³-hybridized carbons (Fsp3) is 0.200. The summed E-state index contributed by atoms with van der Waals surface area (Å²) in [4.78, 5) is 20.5. The average Bonchev–Trinajstić information content (AvgIpc) is 3.18. The van der Waals surface area contributed by atoms with Crippen LogP contribution in [0.5, 0.6) is 11.8 Å². The molecule has 1 atom stereocenters. The lowest BCUT2D eigenvalue weighted by atomic mass is 10.0. The maximum Gasteiger partial charge on any atom is 0.321 e. The third-order valence-electron chi connectivity index (χ3n) is 5.17. The van der Waals surface area contributed by atoms with Gasteiger partial charge in [0.25, 0.3) is 0 Å². The molecule has 0 aliphatic rings. The first kappa shape index (κ1) is 21.1. The van der Waals surface area contributed by atoms with Crippen molar-refractivity contribution in [2.75, 3.05) is 6.61 Å². The SMILES string of the molecule is CCOC(=O)C(C)c1cc(Cc2ccc(Oc3ncccn3)cc2)n2cc(C#N)ccc12. The Hall–Kier alpha value is -4.18. The molecule has 0 saturated carbocycles. The van der Waals surface area contributed by atoms with Gasteiger partial charge in [0, 0.05) is 36.2 Å². The predicted octanol–water partition coefficient (Wildman–Crippen LogP) is 4.65. The van der Waals surface area contributed by atoms with Crippen molar-refractivity contribution >= 4 is 11.5 Å². The number of rotatable bonds is 7. The van der Waals surface area contributed by atoms with E-state index in [1.165, 1.54) is 0 Å². The van der Waals surface area contributed by atoms with Crippen molar-refractivity contribution in [3.8, 4) is 17.8 Å². The van der Waals surface area contributed by atoms with Gasteiger partial charge in [0.15, 0.2) is 0 Å². The van der Waals surface area contributed by atoms with Crippen LogP contribution in [0.15, 0.2) is 67.1 Å². The molecule has 0 aliphatic heterocycles. The van der Waals surface area contributed by atoms with Crippen molar-refractivity contribution in [1.82, 2.24) is 14.4 Å². The van der Waals surface area contributed by atoms with Crippen LogP contribution in [0.25, 0.3) is 5.52 Å². The zero-order chi connectivity index (χ0) is 22.5. The van der Waals surface area contributed by atoms with E-state index in [0.29, 0.717) is 30.4 Å². The number of nitrogens with zero attached hydrogens (tertiary/aromatic N) is 4. The molecule has 1 unspecified atom stereocenters. The number of carbonyl (C=O) groups excluding carboxylic acids is 1. The smallest absolute Gasteiger partial charge is 0.321 e. The Morgan fingerprint density at radius 3 is 2.59 bits per heavy atom. The lowest BCUT2D eigenvalue weighted by Gasteiger charge is -2.09. The van der Waals surface area contributed by atoms with E-state index in [4.69, 9.17) is 9.47 Å². The van der Waals surface area contributed by atoms with E-state index in [0.717, 1.165) is 22.3 Å². The van der Waals surface area contributed by atoms with E-state index in [1.807, 2.05) is 47.7 Å². The van der Waals surface area contributed by atoms with Crippen molar-refractivity contribution < 1.29 is 14.3 Å². The van der Waals surface area contributed by atoms with E-state index >= 15 is 0 Å². The first-order valence-electron chi connectivity index (χ1n) is 10.3. The number of pyridine rings is 1. The van der Waals surface area contributed by atoms with E-state index < -0.39 is 5.92 Å². The van der Waals surface area contributed by atoms with Gasteiger partial charge >= 0.3 is 12.0 Å². The van der Waals surface area contributed by atoms with Gasteiger partial charge in [-0.15, -0.1) is 0 Å². The van der Waals surface area contributed by atoms with E-state index in [9.17, 15) is 10.1 Å². The van der Waals surface area contributed by atoms with Crippen LogP contribution in [0.3, 0.4) is 0 Å². The highest BCUT2D eigenvalue weighted by Crippen LogP contribution is 2.28. The number of hydrogen-bond acceptors (Lipinski definition) is 6. The maximum absolute atomic E-state index is 12.4. The summed E-state index contributed by atoms with van der Waals surface area (Å²) < 4.78 is 12.8. The van der Waals surface area contributed by atoms with Gasteiger partial charge in [-0.05, 0) is 61.4 Å². The number of esters is 1. The third-order valence-corrected chi connectivity index (χ3v) is 5.17. The molecule has 4 aromatic rings. The van der Waals surface area contributed by atoms with Crippen LogP contribution in [-0.4, -0.2) is 26.9 Å². The van der Waals surface area contributed by atoms with Crippen LogP contribution in [0.1, 0.15) is 42.1 Å². The van der Waals surface area contributed by atoms with Crippen LogP contribution in [0, 0.1) is 11.3 Å². The highest BCUT2D eigenvalue weighted by Gasteiger charge is 2.22. The molecule has 0 amide bonds. The molecule has 1 aromatic carbocycles. The fourth-order valence-corrected chi connectivity index (χ4v) is 3.57. The maximum atomic E-state index is 12.4. The topological polar surface area (TPSA) is 89.5 Å². The number of benzene rings is 1. The van der Waals surface area contributed by atoms with Crippen LogP contribution in [-0.2, 0) is 16.0 Å². The summed E-state index contributed by atoms with van der Waals surface area (Å²) in [5.74, 6) is -0.0304. The zero-order valence-corrected chi connectivity index (χ0v) is 17.9. The van der Waals surface area contributed by atoms with Gasteiger partial charge in [-0.2, -0.15) is 5.26 Å². The summed E-state index contributed by atoms with van der Waals surface area (Å²) in [5.41, 5.74) is 4.35. The molecule has 0 radical (unpaired) electrons. The minimum Gasteiger partial charge on any atom is -0.466 e. The first-order chi connectivity index (χ1) is 15.6. The Morgan fingerprint density at radius 1 is 1.16 bits per heavy atom. The third kappa shape index (κ3) is 4.44. The summed E-state index contributed by atoms with van der Waals surface area (Å²) in [6.45, 7) is 3.97. The molecule has 0 N–H and O–H groups in total. The molecule has 0 fully saturated rings. The monoisotopic (exact) mass is 426 g/mol. The Labute approximate surface area is 185 Å². The molecule has 0 bridgehead atoms. The molecule has 0 aliphatic carbocycles. The van der Waals surface area contributed by atoms with Crippen LogP contribution >= 0.6 is 0 Å². The molecule has 0 spiro atoms. The summed E-state index contributed by atoms with van der Waals surface area (Å²) in [5, 5.41) is 9.34. The van der Waals surface area contributed by atoms with Crippen molar-refractivity contribution in [1.29, 1.82) is 5.26 Å². The molecule has 160 valence electrons. The normalized spacial score (nSPS) is 11.7. The predicted molar refractivity (Wildman–Crippen MR) is 119 cm³/mol. The number of fused-ring (bicyclic) bond motifs is 1. The highest BCUT2D eigenvalue weighted by molar-refractivity contribution is 5.81. The lowest BCUT2D eigenvalue weighted by molar-refractivity contribution is -0.144. The lowest BCUT2D eigenvalue weighted by Crippen LogP contribution is -2.12. The van der Waals surface area contributed by atoms with Crippen LogP contribution in [0.2, 0.25) is 0 Å². The molecule has 32 heavy (non-hydrogen) atoms. The molecule has 3 aromatic heterocycles. The number of ether oxygens (including phenoxy) is 2. The van der Waals surface area contributed by atoms with Gasteiger partial charge in [-0.1, -0.05) is 12.1 Å². The second-order valence-electron chi connectivity index (χ2n) is 7.30. The fourth-order valence-electron chi connectivity index (χ4n) is 3.57. The largest absolute Gasteiger partial charge is 0.466 e. The minimum absolute atomic E-state index is 0.263. The number of hydrogen-bond donors (Lipinski definition) is 0. The Balaban J connectivity index is 1.63. The first-order valence-corrected chi connectivity index (χ1v) is 10.3. The molecule has 7 heteroatoms. The van der Waals surface area contributed by atoms with Gasteiger partial charge in [0.2, 0.25) is 0 Å². The zero-order valence-electron chi connectivity index (χ0n) is 17.9. The Bertz CT molecular complexity index is 1270. The Morgan fingerprint density at radius 2 is 1.91 bits per heavy atom. The van der Waals surface area contributed by atoms with Crippen LogP contribution in [0.4, 0.5) is 0 Å².